The zero-order valence-corrected chi connectivity index (χ0v) is 21.6. The Bertz CT molecular complexity index is 1220. The molecular weight excluding hydrogens is 456 g/mol. The zero-order valence-electron chi connectivity index (χ0n) is 21.6. The van der Waals surface area contributed by atoms with E-state index in [-0.39, 0.29) is 17.5 Å². The van der Waals surface area contributed by atoms with Gasteiger partial charge in [-0.15, -0.1) is 0 Å². The molecule has 0 radical (unpaired) electrons. The summed E-state index contributed by atoms with van der Waals surface area (Å²) >= 11 is 0. The molecule has 192 valence electrons. The second-order valence-electron chi connectivity index (χ2n) is 12.2. The van der Waals surface area contributed by atoms with Gasteiger partial charge in [-0.05, 0) is 85.4 Å². The Balaban J connectivity index is 1.28. The molecule has 2 saturated carbocycles. The van der Waals surface area contributed by atoms with Crippen molar-refractivity contribution in [3.05, 3.63) is 101 Å². The molecule has 1 heterocycles. The van der Waals surface area contributed by atoms with Gasteiger partial charge in [-0.2, -0.15) is 0 Å². The van der Waals surface area contributed by atoms with Gasteiger partial charge in [-0.1, -0.05) is 66.7 Å². The SMILES string of the molecule is Oc1ccc2c(c1)[C@@]13CCN(CC4CC4)[C@H](C2)[C@]1(O)C[C@H](N(Cc1ccccc1)Cc1ccccc1)C3. The highest BCUT2D eigenvalue weighted by atomic mass is 16.3. The van der Waals surface area contributed by atoms with Gasteiger partial charge in [-0.25, -0.2) is 0 Å². The van der Waals surface area contributed by atoms with Gasteiger partial charge in [-0.3, -0.25) is 9.80 Å². The third-order valence-electron chi connectivity index (χ3n) is 9.96. The number of aromatic hydroxyl groups is 1. The van der Waals surface area contributed by atoms with Crippen LogP contribution in [-0.2, 0) is 24.9 Å². The Morgan fingerprint density at radius 2 is 1.54 bits per heavy atom. The number of piperidine rings is 1. The van der Waals surface area contributed by atoms with Gasteiger partial charge in [0.2, 0.25) is 0 Å². The molecule has 3 fully saturated rings. The van der Waals surface area contributed by atoms with Gasteiger partial charge in [0.25, 0.3) is 0 Å². The number of likely N-dealkylation sites (tertiary alicyclic amines) is 1. The first kappa shape index (κ1) is 23.5. The number of aliphatic hydroxyl groups is 1. The summed E-state index contributed by atoms with van der Waals surface area (Å²) in [6.45, 7) is 3.91. The number of rotatable bonds is 7. The number of phenols is 1. The highest BCUT2D eigenvalue weighted by molar-refractivity contribution is 5.49. The lowest BCUT2D eigenvalue weighted by Gasteiger charge is -2.59. The highest BCUT2D eigenvalue weighted by Crippen LogP contribution is 2.61. The number of hydrogen-bond acceptors (Lipinski definition) is 4. The molecule has 0 aromatic heterocycles. The molecule has 2 bridgehead atoms. The van der Waals surface area contributed by atoms with Crippen LogP contribution in [0.25, 0.3) is 0 Å². The highest BCUT2D eigenvalue weighted by Gasteiger charge is 2.67. The molecule has 4 aliphatic rings. The fraction of sp³-hybridized carbons (Fsp3) is 0.455. The summed E-state index contributed by atoms with van der Waals surface area (Å²) in [7, 11) is 0. The van der Waals surface area contributed by atoms with Crippen molar-refractivity contribution >= 4 is 0 Å². The van der Waals surface area contributed by atoms with Crippen LogP contribution in [0.5, 0.6) is 5.75 Å². The minimum absolute atomic E-state index is 0.152. The number of hydrogen-bond donors (Lipinski definition) is 2. The molecule has 37 heavy (non-hydrogen) atoms. The molecule has 1 saturated heterocycles. The Kier molecular flexibility index (Phi) is 5.69. The van der Waals surface area contributed by atoms with Gasteiger partial charge in [0.15, 0.2) is 0 Å². The summed E-state index contributed by atoms with van der Waals surface area (Å²) in [6, 6.07) is 27.9. The van der Waals surface area contributed by atoms with Crippen molar-refractivity contribution in [2.45, 2.75) is 74.7 Å². The van der Waals surface area contributed by atoms with E-state index in [1.807, 2.05) is 12.1 Å². The van der Waals surface area contributed by atoms with E-state index in [1.54, 1.807) is 0 Å². The van der Waals surface area contributed by atoms with Crippen molar-refractivity contribution in [2.75, 3.05) is 13.1 Å². The van der Waals surface area contributed by atoms with Crippen LogP contribution in [0.3, 0.4) is 0 Å². The van der Waals surface area contributed by atoms with Crippen LogP contribution in [0.1, 0.15) is 54.4 Å². The minimum Gasteiger partial charge on any atom is -0.508 e. The second-order valence-corrected chi connectivity index (χ2v) is 12.2. The van der Waals surface area contributed by atoms with Crippen LogP contribution in [0.2, 0.25) is 0 Å². The molecule has 0 unspecified atom stereocenters. The van der Waals surface area contributed by atoms with Crippen molar-refractivity contribution in [2.24, 2.45) is 5.92 Å². The molecule has 3 aliphatic carbocycles. The number of fused-ring (bicyclic) bond motifs is 1. The van der Waals surface area contributed by atoms with Gasteiger partial charge < -0.3 is 10.2 Å². The second kappa shape index (κ2) is 8.97. The van der Waals surface area contributed by atoms with Crippen molar-refractivity contribution in [1.82, 2.24) is 9.80 Å². The summed E-state index contributed by atoms with van der Waals surface area (Å²) in [5.41, 5.74) is 4.08. The average Bonchev–Trinajstić information content (AvgIpc) is 3.66. The first-order valence-corrected chi connectivity index (χ1v) is 14.1. The molecule has 4 nitrogen and oxygen atoms in total. The predicted octanol–water partition coefficient (Wildman–Crippen LogP) is 5.27. The Hall–Kier alpha value is -2.66. The summed E-state index contributed by atoms with van der Waals surface area (Å²) in [5.74, 6) is 1.13. The van der Waals surface area contributed by atoms with Gasteiger partial charge >= 0.3 is 0 Å². The van der Waals surface area contributed by atoms with Crippen LogP contribution in [0.4, 0.5) is 0 Å². The normalized spacial score (nSPS) is 30.8. The Morgan fingerprint density at radius 3 is 2.19 bits per heavy atom. The first-order valence-electron chi connectivity index (χ1n) is 14.1. The third-order valence-corrected chi connectivity index (χ3v) is 9.96. The maximum Gasteiger partial charge on any atom is 0.115 e. The van der Waals surface area contributed by atoms with Gasteiger partial charge in [0, 0.05) is 37.1 Å². The minimum atomic E-state index is -0.781. The third kappa shape index (κ3) is 4.01. The maximum absolute atomic E-state index is 12.8. The lowest BCUT2D eigenvalue weighted by molar-refractivity contribution is -0.131. The van der Waals surface area contributed by atoms with E-state index in [2.05, 4.69) is 76.5 Å². The van der Waals surface area contributed by atoms with Gasteiger partial charge in [0.05, 0.1) is 5.60 Å². The molecule has 1 aliphatic heterocycles. The average molecular weight is 495 g/mol. The van der Waals surface area contributed by atoms with E-state index in [0.717, 1.165) is 57.8 Å². The summed E-state index contributed by atoms with van der Waals surface area (Å²) in [6.07, 6.45) is 6.24. The predicted molar refractivity (Wildman–Crippen MR) is 146 cm³/mol. The molecular formula is C33H38N2O2. The fourth-order valence-electron chi connectivity index (χ4n) is 8.00. The zero-order chi connectivity index (χ0) is 25.0. The molecule has 3 aromatic carbocycles. The number of nitrogens with zero attached hydrogens (tertiary/aromatic N) is 2. The van der Waals surface area contributed by atoms with Crippen molar-refractivity contribution in [3.8, 4) is 5.75 Å². The van der Waals surface area contributed by atoms with E-state index in [9.17, 15) is 10.2 Å². The molecule has 4 atom stereocenters. The smallest absolute Gasteiger partial charge is 0.115 e. The van der Waals surface area contributed by atoms with Gasteiger partial charge in [0.1, 0.15) is 5.75 Å². The lowest BCUT2D eigenvalue weighted by Crippen LogP contribution is -2.69. The summed E-state index contributed by atoms with van der Waals surface area (Å²) in [5, 5.41) is 23.4. The van der Waals surface area contributed by atoms with Crippen molar-refractivity contribution in [3.63, 3.8) is 0 Å². The molecule has 0 spiro atoms. The standard InChI is InChI=1S/C33H38N2O2/c36-29-14-13-27-17-31-33(37)20-28(19-32(33,30(27)18-29)15-16-34(31)21-26-11-12-26)35(22-24-7-3-1-4-8-24)23-25-9-5-2-6-10-25/h1-10,13-14,18,26,28,31,36-37H,11-12,15-17,19-23H2/t28-,31-,32+,33-/m1/s1. The molecule has 0 amide bonds. The molecule has 7 rings (SSSR count). The number of benzene rings is 3. The lowest BCUT2D eigenvalue weighted by atomic mass is 9.56. The topological polar surface area (TPSA) is 46.9 Å². The first-order chi connectivity index (χ1) is 18.0. The Labute approximate surface area is 220 Å². The van der Waals surface area contributed by atoms with E-state index in [1.165, 1.54) is 35.1 Å². The number of phenolic OH excluding ortho intramolecular Hbond substituents is 1. The summed E-state index contributed by atoms with van der Waals surface area (Å²) in [4.78, 5) is 5.24. The van der Waals surface area contributed by atoms with E-state index in [0.29, 0.717) is 5.75 Å². The van der Waals surface area contributed by atoms with Crippen molar-refractivity contribution in [1.29, 1.82) is 0 Å². The quantitative estimate of drug-likeness (QED) is 0.470. The fourth-order valence-corrected chi connectivity index (χ4v) is 8.00. The summed E-state index contributed by atoms with van der Waals surface area (Å²) < 4.78 is 0. The van der Waals surface area contributed by atoms with Crippen LogP contribution >= 0.6 is 0 Å². The van der Waals surface area contributed by atoms with E-state index in [4.69, 9.17) is 0 Å². The molecule has 4 heteroatoms. The maximum atomic E-state index is 12.8. The largest absolute Gasteiger partial charge is 0.508 e. The van der Waals surface area contributed by atoms with Crippen molar-refractivity contribution < 1.29 is 10.2 Å². The Morgan fingerprint density at radius 1 is 0.865 bits per heavy atom. The van der Waals surface area contributed by atoms with Crippen LogP contribution in [0.15, 0.2) is 78.9 Å². The molecule has 3 aromatic rings. The van der Waals surface area contributed by atoms with Crippen LogP contribution in [0, 0.1) is 5.92 Å². The molecule has 2 N–H and O–H groups in total. The van der Waals surface area contributed by atoms with E-state index < -0.39 is 5.60 Å². The van der Waals surface area contributed by atoms with E-state index >= 15 is 0 Å². The van der Waals surface area contributed by atoms with Crippen LogP contribution in [-0.4, -0.2) is 50.8 Å². The van der Waals surface area contributed by atoms with Crippen LogP contribution < -0.4 is 0 Å². The monoisotopic (exact) mass is 494 g/mol.